The van der Waals surface area contributed by atoms with E-state index in [2.05, 4.69) is 4.98 Å². The van der Waals surface area contributed by atoms with Crippen LogP contribution in [-0.4, -0.2) is 33.2 Å². The third-order valence-corrected chi connectivity index (χ3v) is 1.71. The molecule has 0 unspecified atom stereocenters. The highest BCUT2D eigenvalue weighted by molar-refractivity contribution is 6.62. The Morgan fingerprint density at radius 1 is 1.54 bits per heavy atom. The van der Waals surface area contributed by atoms with Gasteiger partial charge in [0, 0.05) is 11.7 Å². The fourth-order valence-corrected chi connectivity index (χ4v) is 0.964. The lowest BCUT2D eigenvalue weighted by molar-refractivity contribution is 0.0696. The molecule has 1 rings (SSSR count). The second-order valence-electron chi connectivity index (χ2n) is 2.28. The van der Waals surface area contributed by atoms with Crippen molar-refractivity contribution in [3.8, 4) is 0 Å². The van der Waals surface area contributed by atoms with Gasteiger partial charge in [0.2, 0.25) is 0 Å². The van der Waals surface area contributed by atoms with Crippen LogP contribution in [0.5, 0.6) is 0 Å². The SMILES string of the molecule is O=C(O)c1cnc(Cl)c(B(O)O)c1. The van der Waals surface area contributed by atoms with Crippen LogP contribution in [0.4, 0.5) is 0 Å². The topological polar surface area (TPSA) is 90.7 Å². The third kappa shape index (κ3) is 2.18. The molecule has 0 fully saturated rings. The minimum atomic E-state index is -1.82. The maximum Gasteiger partial charge on any atom is 0.491 e. The number of carboxylic acid groups (broad SMARTS) is 1. The Morgan fingerprint density at radius 2 is 2.15 bits per heavy atom. The second-order valence-corrected chi connectivity index (χ2v) is 2.64. The molecule has 3 N–H and O–H groups in total. The van der Waals surface area contributed by atoms with Gasteiger partial charge in [-0.3, -0.25) is 0 Å². The van der Waals surface area contributed by atoms with Crippen molar-refractivity contribution in [1.29, 1.82) is 0 Å². The molecule has 0 spiro atoms. The largest absolute Gasteiger partial charge is 0.491 e. The summed E-state index contributed by atoms with van der Waals surface area (Å²) in [6.07, 6.45) is 1.04. The molecule has 5 nitrogen and oxygen atoms in total. The fourth-order valence-electron chi connectivity index (χ4n) is 0.763. The van der Waals surface area contributed by atoms with Gasteiger partial charge in [0.15, 0.2) is 0 Å². The van der Waals surface area contributed by atoms with E-state index in [0.717, 1.165) is 12.3 Å². The number of pyridine rings is 1. The molecule has 0 aromatic carbocycles. The van der Waals surface area contributed by atoms with Gasteiger partial charge in [-0.1, -0.05) is 11.6 Å². The molecule has 7 heteroatoms. The van der Waals surface area contributed by atoms with Crippen LogP contribution in [0.3, 0.4) is 0 Å². The number of nitrogens with zero attached hydrogens (tertiary/aromatic N) is 1. The van der Waals surface area contributed by atoms with Crippen LogP contribution in [0.15, 0.2) is 12.3 Å². The Balaban J connectivity index is 3.19. The van der Waals surface area contributed by atoms with Crippen molar-refractivity contribution in [3.63, 3.8) is 0 Å². The highest BCUT2D eigenvalue weighted by Gasteiger charge is 2.18. The molecule has 0 bridgehead atoms. The molecule has 13 heavy (non-hydrogen) atoms. The predicted molar refractivity (Wildman–Crippen MR) is 46.0 cm³/mol. The number of halogens is 1. The van der Waals surface area contributed by atoms with Crippen LogP contribution in [0.25, 0.3) is 0 Å². The molecule has 0 aliphatic heterocycles. The van der Waals surface area contributed by atoms with Crippen LogP contribution in [0, 0.1) is 0 Å². The Labute approximate surface area is 78.8 Å². The summed E-state index contributed by atoms with van der Waals surface area (Å²) in [6.45, 7) is 0. The summed E-state index contributed by atoms with van der Waals surface area (Å²) in [4.78, 5) is 13.9. The quantitative estimate of drug-likeness (QED) is 0.427. The Bertz CT molecular complexity index is 343. The van der Waals surface area contributed by atoms with E-state index in [9.17, 15) is 4.79 Å². The molecule has 68 valence electrons. The Morgan fingerprint density at radius 3 is 2.62 bits per heavy atom. The third-order valence-electron chi connectivity index (χ3n) is 1.39. The first-order valence-corrected chi connectivity index (χ1v) is 3.65. The zero-order valence-electron chi connectivity index (χ0n) is 6.31. The molecular formula is C6H5BClNO4. The Kier molecular flexibility index (Phi) is 2.87. The van der Waals surface area contributed by atoms with Gasteiger partial charge in [-0.25, -0.2) is 9.78 Å². The zero-order chi connectivity index (χ0) is 10.0. The molecule has 0 aliphatic rings. The molecule has 1 heterocycles. The first-order valence-electron chi connectivity index (χ1n) is 3.27. The monoisotopic (exact) mass is 201 g/mol. The fraction of sp³-hybridized carbons (Fsp3) is 0. The van der Waals surface area contributed by atoms with Crippen LogP contribution in [0.1, 0.15) is 10.4 Å². The lowest BCUT2D eigenvalue weighted by atomic mass is 9.81. The van der Waals surface area contributed by atoms with Gasteiger partial charge in [-0.15, -0.1) is 0 Å². The minimum Gasteiger partial charge on any atom is -0.478 e. The summed E-state index contributed by atoms with van der Waals surface area (Å²) in [5.41, 5.74) is -0.269. The van der Waals surface area contributed by atoms with Crippen molar-refractivity contribution in [2.75, 3.05) is 0 Å². The van der Waals surface area contributed by atoms with E-state index in [1.807, 2.05) is 0 Å². The minimum absolute atomic E-state index is 0.124. The van der Waals surface area contributed by atoms with Crippen molar-refractivity contribution in [1.82, 2.24) is 4.98 Å². The molecular weight excluding hydrogens is 196 g/mol. The molecule has 1 aromatic heterocycles. The summed E-state index contributed by atoms with van der Waals surface area (Å²) in [6, 6.07) is 1.06. The average Bonchev–Trinajstić information content (AvgIpc) is 2.04. The van der Waals surface area contributed by atoms with E-state index < -0.39 is 13.1 Å². The van der Waals surface area contributed by atoms with Gasteiger partial charge in [0.05, 0.1) is 5.56 Å². The number of aromatic carboxylic acids is 1. The predicted octanol–water partition coefficient (Wildman–Crippen LogP) is -0.887. The molecule has 0 aliphatic carbocycles. The van der Waals surface area contributed by atoms with Gasteiger partial charge < -0.3 is 15.2 Å². The van der Waals surface area contributed by atoms with Crippen LogP contribution in [0.2, 0.25) is 5.15 Å². The van der Waals surface area contributed by atoms with Crippen molar-refractivity contribution in [2.45, 2.75) is 0 Å². The second kappa shape index (κ2) is 3.74. The van der Waals surface area contributed by atoms with E-state index in [0.29, 0.717) is 0 Å². The number of rotatable bonds is 2. The van der Waals surface area contributed by atoms with Crippen molar-refractivity contribution >= 4 is 30.2 Å². The van der Waals surface area contributed by atoms with E-state index in [1.165, 1.54) is 0 Å². The van der Waals surface area contributed by atoms with Gasteiger partial charge in [0.25, 0.3) is 0 Å². The smallest absolute Gasteiger partial charge is 0.478 e. The van der Waals surface area contributed by atoms with Crippen LogP contribution < -0.4 is 5.46 Å². The van der Waals surface area contributed by atoms with Crippen molar-refractivity contribution in [3.05, 3.63) is 23.0 Å². The summed E-state index contributed by atoms with van der Waals surface area (Å²) in [7, 11) is -1.82. The number of hydrogen-bond donors (Lipinski definition) is 3. The standard InChI is InChI=1S/C6H5BClNO4/c8-5-4(7(12)13)1-3(2-9-5)6(10)11/h1-2,12-13H,(H,10,11). The van der Waals surface area contributed by atoms with Crippen LogP contribution in [-0.2, 0) is 0 Å². The first-order chi connectivity index (χ1) is 6.02. The number of carboxylic acids is 1. The molecule has 0 atom stereocenters. The first kappa shape index (κ1) is 9.98. The van der Waals surface area contributed by atoms with E-state index >= 15 is 0 Å². The van der Waals surface area contributed by atoms with Gasteiger partial charge in [-0.2, -0.15) is 0 Å². The molecule has 0 saturated carbocycles. The number of carbonyl (C=O) groups is 1. The van der Waals surface area contributed by atoms with E-state index in [-0.39, 0.29) is 16.2 Å². The average molecular weight is 201 g/mol. The molecule has 0 amide bonds. The van der Waals surface area contributed by atoms with E-state index in [4.69, 9.17) is 26.8 Å². The summed E-state index contributed by atoms with van der Waals surface area (Å²) in [5, 5.41) is 25.9. The van der Waals surface area contributed by atoms with E-state index in [1.54, 1.807) is 0 Å². The van der Waals surface area contributed by atoms with Crippen molar-refractivity contribution in [2.24, 2.45) is 0 Å². The highest BCUT2D eigenvalue weighted by Crippen LogP contribution is 2.03. The van der Waals surface area contributed by atoms with Gasteiger partial charge in [-0.05, 0) is 6.07 Å². The summed E-state index contributed by atoms with van der Waals surface area (Å²) < 4.78 is 0. The van der Waals surface area contributed by atoms with Crippen molar-refractivity contribution < 1.29 is 19.9 Å². The Hall–Kier alpha value is -1.11. The maximum atomic E-state index is 10.4. The lowest BCUT2D eigenvalue weighted by Gasteiger charge is -2.02. The van der Waals surface area contributed by atoms with Gasteiger partial charge >= 0.3 is 13.1 Å². The zero-order valence-corrected chi connectivity index (χ0v) is 7.06. The van der Waals surface area contributed by atoms with Crippen LogP contribution >= 0.6 is 11.6 Å². The number of hydrogen-bond acceptors (Lipinski definition) is 4. The maximum absolute atomic E-state index is 10.4. The summed E-state index contributed by atoms with van der Waals surface area (Å²) >= 11 is 5.47. The molecule has 0 saturated heterocycles. The normalized spacial score (nSPS) is 9.77. The molecule has 1 aromatic rings. The molecule has 0 radical (unpaired) electrons. The summed E-state index contributed by atoms with van der Waals surface area (Å²) in [5.74, 6) is -1.20. The van der Waals surface area contributed by atoms with Gasteiger partial charge in [0.1, 0.15) is 5.15 Å². The number of aromatic nitrogens is 1. The highest BCUT2D eigenvalue weighted by atomic mass is 35.5. The lowest BCUT2D eigenvalue weighted by Crippen LogP contribution is -2.32.